The Morgan fingerprint density at radius 2 is 2.29 bits per heavy atom. The van der Waals surface area contributed by atoms with Crippen LogP contribution in [0.15, 0.2) is 36.7 Å². The summed E-state index contributed by atoms with van der Waals surface area (Å²) in [7, 11) is 0. The molecular formula is C13H16ClN3. The first-order chi connectivity index (χ1) is 8.19. The highest BCUT2D eigenvalue weighted by atomic mass is 35.5. The Morgan fingerprint density at radius 3 is 2.94 bits per heavy atom. The molecular weight excluding hydrogens is 234 g/mol. The van der Waals surface area contributed by atoms with Gasteiger partial charge in [-0.2, -0.15) is 5.10 Å². The number of hydrogen-bond donors (Lipinski definition) is 1. The van der Waals surface area contributed by atoms with Gasteiger partial charge in [-0.3, -0.25) is 0 Å². The second-order valence-corrected chi connectivity index (χ2v) is 4.58. The Balaban J connectivity index is 2.22. The highest BCUT2D eigenvalue weighted by Gasteiger charge is 2.04. The molecule has 2 rings (SSSR count). The Hall–Kier alpha value is -1.32. The molecule has 0 saturated heterocycles. The molecule has 2 aromatic rings. The van der Waals surface area contributed by atoms with Crippen molar-refractivity contribution in [1.82, 2.24) is 9.78 Å². The summed E-state index contributed by atoms with van der Waals surface area (Å²) in [5, 5.41) is 4.82. The lowest BCUT2D eigenvalue weighted by Gasteiger charge is -2.10. The summed E-state index contributed by atoms with van der Waals surface area (Å²) in [5.41, 5.74) is 8.19. The van der Waals surface area contributed by atoms with E-state index in [1.54, 1.807) is 17.1 Å². The maximum Gasteiger partial charge on any atom is 0.0790 e. The lowest BCUT2D eigenvalue weighted by Crippen LogP contribution is -2.21. The molecule has 1 unspecified atom stereocenters. The van der Waals surface area contributed by atoms with Crippen molar-refractivity contribution >= 4 is 11.6 Å². The maximum atomic E-state index is 5.95. The highest BCUT2D eigenvalue weighted by molar-refractivity contribution is 6.30. The second kappa shape index (κ2) is 5.34. The normalized spacial score (nSPS) is 12.6. The zero-order valence-electron chi connectivity index (χ0n) is 9.81. The van der Waals surface area contributed by atoms with Crippen LogP contribution in [0.5, 0.6) is 0 Å². The van der Waals surface area contributed by atoms with Crippen molar-refractivity contribution in [3.05, 3.63) is 47.2 Å². The second-order valence-electron chi connectivity index (χ2n) is 4.15. The van der Waals surface area contributed by atoms with Crippen LogP contribution in [-0.4, -0.2) is 15.8 Å². The van der Waals surface area contributed by atoms with Gasteiger partial charge in [0, 0.05) is 12.2 Å². The minimum absolute atomic E-state index is 0.214. The molecule has 1 aromatic heterocycles. The summed E-state index contributed by atoms with van der Waals surface area (Å²) in [5.74, 6) is 0. The van der Waals surface area contributed by atoms with Crippen LogP contribution in [0.2, 0.25) is 5.02 Å². The van der Waals surface area contributed by atoms with E-state index < -0.39 is 0 Å². The van der Waals surface area contributed by atoms with Gasteiger partial charge in [-0.15, -0.1) is 0 Å². The van der Waals surface area contributed by atoms with E-state index in [4.69, 9.17) is 17.3 Å². The predicted molar refractivity (Wildman–Crippen MR) is 70.5 cm³/mol. The van der Waals surface area contributed by atoms with E-state index in [2.05, 4.69) is 24.2 Å². The van der Waals surface area contributed by atoms with Gasteiger partial charge in [0.15, 0.2) is 0 Å². The van der Waals surface area contributed by atoms with Gasteiger partial charge in [-0.05, 0) is 30.5 Å². The largest absolute Gasteiger partial charge is 0.327 e. The predicted octanol–water partition coefficient (Wildman–Crippen LogP) is 2.81. The molecule has 0 aliphatic carbocycles. The molecule has 17 heavy (non-hydrogen) atoms. The van der Waals surface area contributed by atoms with Gasteiger partial charge in [0.25, 0.3) is 0 Å². The van der Waals surface area contributed by atoms with Gasteiger partial charge in [0.1, 0.15) is 0 Å². The average molecular weight is 250 g/mol. The summed E-state index contributed by atoms with van der Waals surface area (Å²) in [6.07, 6.45) is 5.30. The molecule has 3 nitrogen and oxygen atoms in total. The topological polar surface area (TPSA) is 43.8 Å². The molecule has 0 amide bonds. The summed E-state index contributed by atoms with van der Waals surface area (Å²) in [4.78, 5) is 0. The van der Waals surface area contributed by atoms with Gasteiger partial charge in [0.05, 0.1) is 16.9 Å². The SMILES string of the molecule is CCC(N)Cc1cccc(-n2cc(Cl)cn2)c1. The van der Waals surface area contributed by atoms with Crippen LogP contribution in [-0.2, 0) is 6.42 Å². The maximum absolute atomic E-state index is 5.95. The molecule has 1 atom stereocenters. The first kappa shape index (κ1) is 12.1. The van der Waals surface area contributed by atoms with E-state index in [1.807, 2.05) is 12.1 Å². The Labute approximate surface area is 106 Å². The average Bonchev–Trinajstić information content (AvgIpc) is 2.76. The fraction of sp³-hybridized carbons (Fsp3) is 0.308. The number of nitrogens with zero attached hydrogens (tertiary/aromatic N) is 2. The van der Waals surface area contributed by atoms with Crippen LogP contribution < -0.4 is 5.73 Å². The molecule has 0 aliphatic rings. The Kier molecular flexibility index (Phi) is 3.82. The van der Waals surface area contributed by atoms with E-state index in [1.165, 1.54) is 5.56 Å². The van der Waals surface area contributed by atoms with Gasteiger partial charge in [-0.1, -0.05) is 30.7 Å². The van der Waals surface area contributed by atoms with Crippen LogP contribution in [0.3, 0.4) is 0 Å². The van der Waals surface area contributed by atoms with Gasteiger partial charge < -0.3 is 5.73 Å². The first-order valence-corrected chi connectivity index (χ1v) is 6.12. The number of rotatable bonds is 4. The fourth-order valence-corrected chi connectivity index (χ4v) is 1.85. The summed E-state index contributed by atoms with van der Waals surface area (Å²) in [6, 6.07) is 8.42. The van der Waals surface area contributed by atoms with Gasteiger partial charge >= 0.3 is 0 Å². The fourth-order valence-electron chi connectivity index (χ4n) is 1.72. The van der Waals surface area contributed by atoms with Crippen LogP contribution in [0.4, 0.5) is 0 Å². The van der Waals surface area contributed by atoms with Crippen molar-refractivity contribution in [2.45, 2.75) is 25.8 Å². The van der Waals surface area contributed by atoms with Crippen molar-refractivity contribution in [1.29, 1.82) is 0 Å². The van der Waals surface area contributed by atoms with Crippen LogP contribution >= 0.6 is 11.6 Å². The van der Waals surface area contributed by atoms with Crippen LogP contribution in [0.25, 0.3) is 5.69 Å². The van der Waals surface area contributed by atoms with Crippen molar-refractivity contribution in [3.8, 4) is 5.69 Å². The molecule has 1 heterocycles. The number of nitrogens with two attached hydrogens (primary N) is 1. The number of aromatic nitrogens is 2. The van der Waals surface area contributed by atoms with Gasteiger partial charge in [0.2, 0.25) is 0 Å². The molecule has 0 aliphatic heterocycles. The van der Waals surface area contributed by atoms with E-state index in [-0.39, 0.29) is 6.04 Å². The molecule has 0 bridgehead atoms. The van der Waals surface area contributed by atoms with E-state index in [9.17, 15) is 0 Å². The molecule has 4 heteroatoms. The molecule has 0 fully saturated rings. The lowest BCUT2D eigenvalue weighted by molar-refractivity contribution is 0.646. The van der Waals surface area contributed by atoms with Gasteiger partial charge in [-0.25, -0.2) is 4.68 Å². The summed E-state index contributed by atoms with van der Waals surface area (Å²) >= 11 is 5.85. The van der Waals surface area contributed by atoms with Crippen LogP contribution in [0, 0.1) is 0 Å². The van der Waals surface area contributed by atoms with E-state index >= 15 is 0 Å². The third-order valence-electron chi connectivity index (χ3n) is 2.75. The molecule has 0 spiro atoms. The van der Waals surface area contributed by atoms with E-state index in [0.29, 0.717) is 5.02 Å². The smallest absolute Gasteiger partial charge is 0.0790 e. The molecule has 1 aromatic carbocycles. The quantitative estimate of drug-likeness (QED) is 0.906. The zero-order valence-corrected chi connectivity index (χ0v) is 10.6. The van der Waals surface area contributed by atoms with Crippen molar-refractivity contribution in [3.63, 3.8) is 0 Å². The molecule has 90 valence electrons. The highest BCUT2D eigenvalue weighted by Crippen LogP contribution is 2.14. The standard InChI is InChI=1S/C13H16ClN3/c1-2-12(15)6-10-4-3-5-13(7-10)17-9-11(14)8-16-17/h3-5,7-9,12H,2,6,15H2,1H3. The Bertz CT molecular complexity index is 493. The van der Waals surface area contributed by atoms with Crippen molar-refractivity contribution in [2.24, 2.45) is 5.73 Å². The molecule has 2 N–H and O–H groups in total. The Morgan fingerprint density at radius 1 is 1.47 bits per heavy atom. The third-order valence-corrected chi connectivity index (χ3v) is 2.94. The number of benzene rings is 1. The number of halogens is 1. The third kappa shape index (κ3) is 3.08. The summed E-state index contributed by atoms with van der Waals surface area (Å²) in [6.45, 7) is 2.10. The van der Waals surface area contributed by atoms with E-state index in [0.717, 1.165) is 18.5 Å². The monoisotopic (exact) mass is 249 g/mol. The molecule has 0 saturated carbocycles. The lowest BCUT2D eigenvalue weighted by atomic mass is 10.0. The van der Waals surface area contributed by atoms with Crippen LogP contribution in [0.1, 0.15) is 18.9 Å². The van der Waals surface area contributed by atoms with Crippen molar-refractivity contribution < 1.29 is 0 Å². The minimum atomic E-state index is 0.214. The number of hydrogen-bond acceptors (Lipinski definition) is 2. The van der Waals surface area contributed by atoms with Crippen molar-refractivity contribution in [2.75, 3.05) is 0 Å². The minimum Gasteiger partial charge on any atom is -0.327 e. The zero-order chi connectivity index (χ0) is 12.3. The summed E-state index contributed by atoms with van der Waals surface area (Å²) < 4.78 is 1.77. The first-order valence-electron chi connectivity index (χ1n) is 5.74. The molecule has 0 radical (unpaired) electrons.